The average Bonchev–Trinajstić information content (AvgIpc) is 2.36. The molecule has 1 rings (SSSR count). The molecule has 0 aromatic heterocycles. The van der Waals surface area contributed by atoms with Gasteiger partial charge in [-0.1, -0.05) is 0 Å². The molecule has 0 unspecified atom stereocenters. The number of methoxy groups -OCH3 is 1. The van der Waals surface area contributed by atoms with Gasteiger partial charge in [0.25, 0.3) is 0 Å². The van der Waals surface area contributed by atoms with Gasteiger partial charge >= 0.3 is 5.97 Å². The molecule has 0 saturated carbocycles. The number of hydrogen-bond acceptors (Lipinski definition) is 4. The summed E-state index contributed by atoms with van der Waals surface area (Å²) in [5, 5.41) is 8.97. The topological polar surface area (TPSA) is 59.3 Å². The molecule has 0 bridgehead atoms. The number of carbonyl (C=O) groups excluding carboxylic acids is 1. The van der Waals surface area contributed by atoms with Crippen LogP contribution in [0.1, 0.15) is 12.5 Å². The maximum absolute atomic E-state index is 11.2. The zero-order valence-electron chi connectivity index (χ0n) is 9.77. The van der Waals surface area contributed by atoms with Crippen molar-refractivity contribution in [2.45, 2.75) is 6.92 Å². The van der Waals surface area contributed by atoms with Gasteiger partial charge in [-0.2, -0.15) is 5.26 Å². The highest BCUT2D eigenvalue weighted by Gasteiger charge is 2.05. The van der Waals surface area contributed by atoms with E-state index in [0.29, 0.717) is 11.3 Å². The summed E-state index contributed by atoms with van der Waals surface area (Å²) in [5.41, 5.74) is 0.924. The summed E-state index contributed by atoms with van der Waals surface area (Å²) in [4.78, 5) is 11.2. The van der Waals surface area contributed by atoms with Crippen molar-refractivity contribution >= 4 is 11.5 Å². The first kappa shape index (κ1) is 12.8. The molecule has 17 heavy (non-hydrogen) atoms. The lowest BCUT2D eigenvalue weighted by Gasteiger charge is -2.02. The number of ether oxygens (including phenoxy) is 2. The van der Waals surface area contributed by atoms with Gasteiger partial charge in [-0.15, -0.1) is 0 Å². The summed E-state index contributed by atoms with van der Waals surface area (Å²) in [5.74, 6) is 0.182. The molecule has 0 aliphatic rings. The second-order valence-corrected chi connectivity index (χ2v) is 3.15. The van der Waals surface area contributed by atoms with Crippen molar-refractivity contribution in [3.8, 4) is 11.8 Å². The van der Waals surface area contributed by atoms with E-state index in [1.54, 1.807) is 38.3 Å². The summed E-state index contributed by atoms with van der Waals surface area (Å²) in [6, 6.07) is 8.85. The van der Waals surface area contributed by atoms with Crippen molar-refractivity contribution in [3.05, 3.63) is 35.9 Å². The SMILES string of the molecule is CCOC(=O)/C=C(\C#N)c1ccc(OC)cc1. The van der Waals surface area contributed by atoms with Gasteiger partial charge in [0.15, 0.2) is 0 Å². The lowest BCUT2D eigenvalue weighted by atomic mass is 10.1. The van der Waals surface area contributed by atoms with Crippen LogP contribution in [-0.2, 0) is 9.53 Å². The third kappa shape index (κ3) is 3.65. The molecule has 0 aliphatic carbocycles. The number of rotatable bonds is 4. The van der Waals surface area contributed by atoms with Crippen LogP contribution in [0.25, 0.3) is 5.57 Å². The number of hydrogen-bond donors (Lipinski definition) is 0. The van der Waals surface area contributed by atoms with Crippen molar-refractivity contribution in [2.24, 2.45) is 0 Å². The monoisotopic (exact) mass is 231 g/mol. The Kier molecular flexibility index (Phi) is 4.77. The van der Waals surface area contributed by atoms with Crippen LogP contribution in [0, 0.1) is 11.3 Å². The van der Waals surface area contributed by atoms with Gasteiger partial charge in [-0.3, -0.25) is 0 Å². The van der Waals surface area contributed by atoms with E-state index < -0.39 is 5.97 Å². The van der Waals surface area contributed by atoms with Crippen LogP contribution in [0.5, 0.6) is 5.75 Å². The third-order valence-electron chi connectivity index (χ3n) is 2.07. The maximum atomic E-state index is 11.2. The quantitative estimate of drug-likeness (QED) is 0.452. The van der Waals surface area contributed by atoms with Crippen LogP contribution in [-0.4, -0.2) is 19.7 Å². The molecule has 0 saturated heterocycles. The molecule has 1 aromatic carbocycles. The van der Waals surface area contributed by atoms with E-state index in [0.717, 1.165) is 0 Å². The van der Waals surface area contributed by atoms with Gasteiger partial charge < -0.3 is 9.47 Å². The molecule has 0 radical (unpaired) electrons. The summed E-state index contributed by atoms with van der Waals surface area (Å²) >= 11 is 0. The molecule has 0 amide bonds. The van der Waals surface area contributed by atoms with E-state index >= 15 is 0 Å². The Labute approximate surface area is 100 Å². The van der Waals surface area contributed by atoms with Crippen molar-refractivity contribution in [1.82, 2.24) is 0 Å². The molecular weight excluding hydrogens is 218 g/mol. The largest absolute Gasteiger partial charge is 0.497 e. The molecule has 1 aromatic rings. The van der Waals surface area contributed by atoms with Crippen LogP contribution < -0.4 is 4.74 Å². The molecule has 0 fully saturated rings. The van der Waals surface area contributed by atoms with Crippen LogP contribution in [0.15, 0.2) is 30.3 Å². The molecule has 88 valence electrons. The predicted molar refractivity (Wildman–Crippen MR) is 63.2 cm³/mol. The number of carbonyl (C=O) groups is 1. The fourth-order valence-corrected chi connectivity index (χ4v) is 1.25. The highest BCUT2D eigenvalue weighted by atomic mass is 16.5. The molecule has 0 atom stereocenters. The van der Waals surface area contributed by atoms with E-state index in [1.165, 1.54) is 6.08 Å². The Morgan fingerprint density at radius 3 is 2.53 bits per heavy atom. The predicted octanol–water partition coefficient (Wildman–Crippen LogP) is 2.17. The zero-order chi connectivity index (χ0) is 12.7. The smallest absolute Gasteiger partial charge is 0.332 e. The molecule has 0 N–H and O–H groups in total. The summed E-state index contributed by atoms with van der Waals surface area (Å²) < 4.78 is 9.76. The first-order valence-corrected chi connectivity index (χ1v) is 5.14. The summed E-state index contributed by atoms with van der Waals surface area (Å²) in [7, 11) is 1.56. The first-order valence-electron chi connectivity index (χ1n) is 5.14. The van der Waals surface area contributed by atoms with Crippen LogP contribution in [0.3, 0.4) is 0 Å². The van der Waals surface area contributed by atoms with Gasteiger partial charge in [-0.25, -0.2) is 4.79 Å². The Morgan fingerprint density at radius 1 is 1.41 bits per heavy atom. The normalized spacial score (nSPS) is 10.5. The minimum Gasteiger partial charge on any atom is -0.497 e. The summed E-state index contributed by atoms with van der Waals surface area (Å²) in [6.07, 6.45) is 1.19. The number of benzene rings is 1. The average molecular weight is 231 g/mol. The third-order valence-corrected chi connectivity index (χ3v) is 2.07. The maximum Gasteiger partial charge on any atom is 0.332 e. The van der Waals surface area contributed by atoms with Gasteiger partial charge in [0, 0.05) is 6.08 Å². The molecule has 0 heterocycles. The van der Waals surface area contributed by atoms with E-state index in [2.05, 4.69) is 0 Å². The van der Waals surface area contributed by atoms with Crippen molar-refractivity contribution in [3.63, 3.8) is 0 Å². The van der Waals surface area contributed by atoms with E-state index in [4.69, 9.17) is 14.7 Å². The number of allylic oxidation sites excluding steroid dienone is 1. The fourth-order valence-electron chi connectivity index (χ4n) is 1.25. The van der Waals surface area contributed by atoms with Crippen LogP contribution in [0.4, 0.5) is 0 Å². The van der Waals surface area contributed by atoms with Crippen LogP contribution >= 0.6 is 0 Å². The van der Waals surface area contributed by atoms with E-state index in [9.17, 15) is 4.79 Å². The zero-order valence-corrected chi connectivity index (χ0v) is 9.77. The summed E-state index contributed by atoms with van der Waals surface area (Å²) in [6.45, 7) is 2.00. The molecule has 4 nitrogen and oxygen atoms in total. The van der Waals surface area contributed by atoms with Gasteiger partial charge in [-0.05, 0) is 36.8 Å². The number of nitrogens with zero attached hydrogens (tertiary/aromatic N) is 1. The van der Waals surface area contributed by atoms with E-state index in [1.807, 2.05) is 6.07 Å². The van der Waals surface area contributed by atoms with Gasteiger partial charge in [0.2, 0.25) is 0 Å². The van der Waals surface area contributed by atoms with Crippen molar-refractivity contribution < 1.29 is 14.3 Å². The number of nitriles is 1. The standard InChI is InChI=1S/C13H13NO3/c1-3-17-13(15)8-11(9-14)10-4-6-12(16-2)7-5-10/h4-8H,3H2,1-2H3/b11-8+. The molecular formula is C13H13NO3. The lowest BCUT2D eigenvalue weighted by molar-refractivity contribution is -0.137. The second kappa shape index (κ2) is 6.33. The number of esters is 1. The van der Waals surface area contributed by atoms with Gasteiger partial charge in [0.1, 0.15) is 11.8 Å². The Hall–Kier alpha value is -2.28. The Balaban J connectivity index is 2.94. The lowest BCUT2D eigenvalue weighted by Crippen LogP contribution is -2.00. The first-order chi connectivity index (χ1) is 8.21. The molecule has 0 spiro atoms. The Morgan fingerprint density at radius 2 is 2.06 bits per heavy atom. The minimum absolute atomic E-state index is 0.270. The fraction of sp³-hybridized carbons (Fsp3) is 0.231. The highest BCUT2D eigenvalue weighted by Crippen LogP contribution is 2.18. The van der Waals surface area contributed by atoms with Crippen LogP contribution in [0.2, 0.25) is 0 Å². The molecule has 4 heteroatoms. The Bertz CT molecular complexity index is 455. The molecule has 0 aliphatic heterocycles. The minimum atomic E-state index is -0.514. The van der Waals surface area contributed by atoms with Gasteiger partial charge in [0.05, 0.1) is 19.3 Å². The van der Waals surface area contributed by atoms with Crippen molar-refractivity contribution in [1.29, 1.82) is 5.26 Å². The van der Waals surface area contributed by atoms with E-state index in [-0.39, 0.29) is 12.2 Å². The van der Waals surface area contributed by atoms with Crippen molar-refractivity contribution in [2.75, 3.05) is 13.7 Å². The highest BCUT2D eigenvalue weighted by molar-refractivity contribution is 5.95. The second-order valence-electron chi connectivity index (χ2n) is 3.15.